The molecule has 0 aliphatic carbocycles. The van der Waals surface area contributed by atoms with Gasteiger partial charge in [0.25, 0.3) is 0 Å². The van der Waals surface area contributed by atoms with Crippen LogP contribution in [0.2, 0.25) is 0 Å². The molecule has 0 bridgehead atoms. The molecular formula is C9H16F3NOS. The molecule has 0 spiro atoms. The summed E-state index contributed by atoms with van der Waals surface area (Å²) in [7, 11) is 0. The van der Waals surface area contributed by atoms with Crippen molar-refractivity contribution >= 4 is 17.7 Å². The molecule has 0 aromatic rings. The van der Waals surface area contributed by atoms with Gasteiger partial charge in [0, 0.05) is 0 Å². The molecule has 0 aromatic heterocycles. The van der Waals surface area contributed by atoms with Crippen LogP contribution in [0.1, 0.15) is 20.8 Å². The maximum absolute atomic E-state index is 11.8. The SMILES string of the molecule is CC(C)CS[C@@H](C)C(=O)NCC(F)(F)F. The largest absolute Gasteiger partial charge is 0.405 e. The number of rotatable bonds is 5. The standard InChI is InChI=1S/C9H16F3NOS/c1-6(2)4-15-7(3)8(14)13-5-9(10,11)12/h6-7H,4-5H2,1-3H3,(H,13,14)/t7-/m0/s1. The first kappa shape index (κ1) is 14.6. The minimum Gasteiger partial charge on any atom is -0.346 e. The van der Waals surface area contributed by atoms with Gasteiger partial charge in [-0.3, -0.25) is 4.79 Å². The maximum Gasteiger partial charge on any atom is 0.405 e. The summed E-state index contributed by atoms with van der Waals surface area (Å²) in [6, 6.07) is 0. The Morgan fingerprint density at radius 1 is 1.33 bits per heavy atom. The van der Waals surface area contributed by atoms with Gasteiger partial charge < -0.3 is 5.32 Å². The predicted molar refractivity (Wildman–Crippen MR) is 55.8 cm³/mol. The van der Waals surface area contributed by atoms with Crippen molar-refractivity contribution in [1.29, 1.82) is 0 Å². The van der Waals surface area contributed by atoms with Crippen molar-refractivity contribution in [2.75, 3.05) is 12.3 Å². The molecule has 0 aliphatic rings. The van der Waals surface area contributed by atoms with Crippen LogP contribution in [0.15, 0.2) is 0 Å². The zero-order valence-corrected chi connectivity index (χ0v) is 9.84. The minimum absolute atomic E-state index is 0.424. The lowest BCUT2D eigenvalue weighted by Gasteiger charge is -2.14. The van der Waals surface area contributed by atoms with E-state index in [0.717, 1.165) is 5.75 Å². The van der Waals surface area contributed by atoms with Crippen molar-refractivity contribution in [2.45, 2.75) is 32.2 Å². The van der Waals surface area contributed by atoms with Crippen molar-refractivity contribution in [3.8, 4) is 0 Å². The van der Waals surface area contributed by atoms with Gasteiger partial charge in [0.2, 0.25) is 5.91 Å². The Labute approximate surface area is 92.0 Å². The van der Waals surface area contributed by atoms with Gasteiger partial charge in [-0.2, -0.15) is 13.2 Å². The highest BCUT2D eigenvalue weighted by atomic mass is 32.2. The zero-order valence-electron chi connectivity index (χ0n) is 9.02. The molecule has 0 fully saturated rings. The number of nitrogens with one attached hydrogen (secondary N) is 1. The molecule has 15 heavy (non-hydrogen) atoms. The first-order valence-corrected chi connectivity index (χ1v) is 5.73. The van der Waals surface area contributed by atoms with Gasteiger partial charge in [0.1, 0.15) is 6.54 Å². The van der Waals surface area contributed by atoms with Gasteiger partial charge in [-0.25, -0.2) is 0 Å². The number of hydrogen-bond acceptors (Lipinski definition) is 2. The number of thioether (sulfide) groups is 1. The molecule has 6 heteroatoms. The van der Waals surface area contributed by atoms with Crippen LogP contribution in [0.3, 0.4) is 0 Å². The molecule has 1 amide bonds. The van der Waals surface area contributed by atoms with Crippen molar-refractivity contribution in [2.24, 2.45) is 5.92 Å². The highest BCUT2D eigenvalue weighted by molar-refractivity contribution is 8.00. The molecule has 0 saturated heterocycles. The first-order chi connectivity index (χ1) is 6.72. The minimum atomic E-state index is -4.34. The molecule has 0 aliphatic heterocycles. The second kappa shape index (κ2) is 6.25. The zero-order chi connectivity index (χ0) is 12.1. The van der Waals surface area contributed by atoms with E-state index >= 15 is 0 Å². The fourth-order valence-corrected chi connectivity index (χ4v) is 1.65. The number of hydrogen-bond donors (Lipinski definition) is 1. The van der Waals surface area contributed by atoms with Gasteiger partial charge >= 0.3 is 6.18 Å². The molecule has 90 valence electrons. The number of alkyl halides is 3. The lowest BCUT2D eigenvalue weighted by molar-refractivity contribution is -0.137. The Balaban J connectivity index is 3.80. The lowest BCUT2D eigenvalue weighted by atomic mass is 10.3. The van der Waals surface area contributed by atoms with Crippen LogP contribution in [0, 0.1) is 5.92 Å². The normalized spacial score (nSPS) is 14.1. The molecule has 0 unspecified atom stereocenters. The van der Waals surface area contributed by atoms with Crippen molar-refractivity contribution in [3.05, 3.63) is 0 Å². The Hall–Kier alpha value is -0.390. The predicted octanol–water partition coefficient (Wildman–Crippen LogP) is 2.44. The molecule has 1 atom stereocenters. The van der Waals surface area contributed by atoms with Crippen molar-refractivity contribution in [1.82, 2.24) is 5.32 Å². The maximum atomic E-state index is 11.8. The lowest BCUT2D eigenvalue weighted by Crippen LogP contribution is -2.38. The highest BCUT2D eigenvalue weighted by Gasteiger charge is 2.28. The van der Waals surface area contributed by atoms with Crippen molar-refractivity contribution < 1.29 is 18.0 Å². The number of amides is 1. The first-order valence-electron chi connectivity index (χ1n) is 4.68. The summed E-state index contributed by atoms with van der Waals surface area (Å²) in [5, 5.41) is 1.43. The van der Waals surface area contributed by atoms with E-state index in [2.05, 4.69) is 0 Å². The van der Waals surface area contributed by atoms with E-state index in [9.17, 15) is 18.0 Å². The van der Waals surface area contributed by atoms with Gasteiger partial charge in [-0.15, -0.1) is 11.8 Å². The molecule has 0 rings (SSSR count). The summed E-state index contributed by atoms with van der Waals surface area (Å²) >= 11 is 1.36. The van der Waals surface area contributed by atoms with Crippen LogP contribution < -0.4 is 5.32 Å². The molecule has 0 saturated carbocycles. The Morgan fingerprint density at radius 2 is 1.87 bits per heavy atom. The summed E-state index contributed by atoms with van der Waals surface area (Å²) in [5.74, 6) is 0.631. The van der Waals surface area contributed by atoms with E-state index in [0.29, 0.717) is 5.92 Å². The van der Waals surface area contributed by atoms with Gasteiger partial charge in [-0.1, -0.05) is 13.8 Å². The summed E-state index contributed by atoms with van der Waals surface area (Å²) in [5.41, 5.74) is 0. The average Bonchev–Trinajstić information content (AvgIpc) is 2.08. The van der Waals surface area contributed by atoms with Crippen LogP contribution in [0.25, 0.3) is 0 Å². The molecule has 2 nitrogen and oxygen atoms in total. The number of carbonyl (C=O) groups is 1. The number of halogens is 3. The van der Waals surface area contributed by atoms with E-state index in [-0.39, 0.29) is 0 Å². The smallest absolute Gasteiger partial charge is 0.346 e. The third-order valence-corrected chi connectivity index (χ3v) is 3.09. The second-order valence-electron chi connectivity index (χ2n) is 3.70. The topological polar surface area (TPSA) is 29.1 Å². The van der Waals surface area contributed by atoms with Crippen LogP contribution in [0.5, 0.6) is 0 Å². The fraction of sp³-hybridized carbons (Fsp3) is 0.889. The van der Waals surface area contributed by atoms with Crippen molar-refractivity contribution in [3.63, 3.8) is 0 Å². The third kappa shape index (κ3) is 8.59. The average molecular weight is 243 g/mol. The molecule has 0 aromatic carbocycles. The Kier molecular flexibility index (Phi) is 6.09. The van der Waals surface area contributed by atoms with E-state index < -0.39 is 23.9 Å². The summed E-state index contributed by atoms with van der Waals surface area (Å²) in [4.78, 5) is 11.2. The van der Waals surface area contributed by atoms with E-state index in [4.69, 9.17) is 0 Å². The van der Waals surface area contributed by atoms with Crippen LogP contribution >= 0.6 is 11.8 Å². The highest BCUT2D eigenvalue weighted by Crippen LogP contribution is 2.16. The monoisotopic (exact) mass is 243 g/mol. The third-order valence-electron chi connectivity index (χ3n) is 1.51. The molecule has 0 heterocycles. The second-order valence-corrected chi connectivity index (χ2v) is 5.08. The van der Waals surface area contributed by atoms with Crippen LogP contribution in [-0.2, 0) is 4.79 Å². The molecular weight excluding hydrogens is 227 g/mol. The van der Waals surface area contributed by atoms with Crippen LogP contribution in [-0.4, -0.2) is 29.6 Å². The summed E-state index contributed by atoms with van der Waals surface area (Å²) in [6.45, 7) is 4.35. The fourth-order valence-electron chi connectivity index (χ4n) is 0.744. The Morgan fingerprint density at radius 3 is 2.27 bits per heavy atom. The van der Waals surface area contributed by atoms with E-state index in [1.807, 2.05) is 19.2 Å². The molecule has 0 radical (unpaired) electrons. The van der Waals surface area contributed by atoms with Gasteiger partial charge in [0.05, 0.1) is 5.25 Å². The van der Waals surface area contributed by atoms with Gasteiger partial charge in [0.15, 0.2) is 0 Å². The number of carbonyl (C=O) groups excluding carboxylic acids is 1. The van der Waals surface area contributed by atoms with Gasteiger partial charge in [-0.05, 0) is 18.6 Å². The Bertz CT molecular complexity index is 206. The molecule has 1 N–H and O–H groups in total. The quantitative estimate of drug-likeness (QED) is 0.803. The van der Waals surface area contributed by atoms with E-state index in [1.54, 1.807) is 6.92 Å². The summed E-state index contributed by atoms with van der Waals surface area (Å²) in [6.07, 6.45) is -4.34. The van der Waals surface area contributed by atoms with Crippen LogP contribution in [0.4, 0.5) is 13.2 Å². The van der Waals surface area contributed by atoms with E-state index in [1.165, 1.54) is 11.8 Å². The summed E-state index contributed by atoms with van der Waals surface area (Å²) < 4.78 is 35.3.